The van der Waals surface area contributed by atoms with Crippen LogP contribution in [-0.2, 0) is 0 Å². The Morgan fingerprint density at radius 2 is 2.38 bits per heavy atom. The average Bonchev–Trinajstić information content (AvgIpc) is 1.87. The maximum absolute atomic E-state index is 4.02. The number of rotatable bonds is 0. The summed E-state index contributed by atoms with van der Waals surface area (Å²) in [6.07, 6.45) is 1.76. The van der Waals surface area contributed by atoms with Gasteiger partial charge in [0.15, 0.2) is 0 Å². The smallest absolute Gasteiger partial charge is 0.0726 e. The van der Waals surface area contributed by atoms with E-state index in [4.69, 9.17) is 0 Å². The molecule has 1 N–H and O–H groups in total. The summed E-state index contributed by atoms with van der Waals surface area (Å²) in [6, 6.07) is 0. The predicted molar refractivity (Wildman–Crippen MR) is 44.4 cm³/mol. The van der Waals surface area contributed by atoms with Crippen LogP contribution in [0.3, 0.4) is 0 Å². The molecule has 0 aromatic heterocycles. The molecule has 0 unspecified atom stereocenters. The van der Waals surface area contributed by atoms with Crippen molar-refractivity contribution >= 4 is 66.9 Å². The van der Waals surface area contributed by atoms with Crippen LogP contribution in [0.1, 0.15) is 0 Å². The molecule has 0 saturated heterocycles. The van der Waals surface area contributed by atoms with Crippen LogP contribution in [0.15, 0.2) is 10.4 Å². The minimum absolute atomic E-state index is 0. The molecule has 1 radical (unpaired) electrons. The fourth-order valence-electron chi connectivity index (χ4n) is 0.252. The van der Waals surface area contributed by atoms with Crippen LogP contribution in [0.5, 0.6) is 0 Å². The molecule has 1 heterocycles. The molecule has 6 heteroatoms. The van der Waals surface area contributed by atoms with Crippen LogP contribution < -0.4 is 5.43 Å². The molecule has 41 valence electrons. The first kappa shape index (κ1) is 9.55. The Bertz CT molecular complexity index is 105. The van der Waals surface area contributed by atoms with Gasteiger partial charge in [-0.2, -0.15) is 0 Å². The minimum Gasteiger partial charge on any atom is -0.305 e. The van der Waals surface area contributed by atoms with Crippen LogP contribution in [0.2, 0.25) is 0 Å². The second-order valence-corrected chi connectivity index (χ2v) is 3.42. The Balaban J connectivity index is 0.000000490. The number of thiol groups is 2. The molecule has 0 bridgehead atoms. The Morgan fingerprint density at radius 1 is 1.75 bits per heavy atom. The maximum atomic E-state index is 4.02. The van der Waals surface area contributed by atoms with Gasteiger partial charge in [-0.05, 0) is 11.9 Å². The van der Waals surface area contributed by atoms with E-state index in [1.807, 2.05) is 0 Å². The summed E-state index contributed by atoms with van der Waals surface area (Å²) in [5, 5.41) is 0. The monoisotopic (exact) mass is 175 g/mol. The van der Waals surface area contributed by atoms with Crippen molar-refractivity contribution in [3.8, 4) is 0 Å². The summed E-state index contributed by atoms with van der Waals surface area (Å²) in [5.41, 5.74) is 2.79. The van der Waals surface area contributed by atoms with E-state index in [2.05, 4.69) is 30.9 Å². The van der Waals surface area contributed by atoms with Crippen LogP contribution in [0.4, 0.5) is 0 Å². The van der Waals surface area contributed by atoms with Gasteiger partial charge >= 0.3 is 0 Å². The molecule has 0 aromatic rings. The molecule has 0 aliphatic carbocycles. The molecular formula is C2H4N2NaS3. The van der Waals surface area contributed by atoms with Crippen molar-refractivity contribution in [2.45, 2.75) is 0 Å². The van der Waals surface area contributed by atoms with Crippen molar-refractivity contribution in [1.82, 2.24) is 9.25 Å². The van der Waals surface area contributed by atoms with E-state index in [9.17, 15) is 0 Å². The number of nitrogens with one attached hydrogen (secondary N) is 1. The largest absolute Gasteiger partial charge is 0.305 e. The van der Waals surface area contributed by atoms with Crippen LogP contribution >= 0.6 is 37.4 Å². The van der Waals surface area contributed by atoms with E-state index in [1.165, 1.54) is 11.9 Å². The SMILES string of the molecule is SC1=CNN(S)S1.[Na]. The zero-order valence-corrected chi connectivity index (χ0v) is 8.93. The molecule has 0 fully saturated rings. The number of hydrogen-bond donors (Lipinski definition) is 3. The van der Waals surface area contributed by atoms with E-state index < -0.39 is 0 Å². The van der Waals surface area contributed by atoms with E-state index in [-0.39, 0.29) is 29.6 Å². The summed E-state index contributed by atoms with van der Waals surface area (Å²) in [4.78, 5) is 0. The maximum Gasteiger partial charge on any atom is 0.0726 e. The van der Waals surface area contributed by atoms with E-state index >= 15 is 0 Å². The van der Waals surface area contributed by atoms with Crippen molar-refractivity contribution in [3.63, 3.8) is 0 Å². The molecule has 0 atom stereocenters. The predicted octanol–water partition coefficient (Wildman–Crippen LogP) is 0.647. The molecule has 1 aliphatic rings. The van der Waals surface area contributed by atoms with Gasteiger partial charge in [-0.3, -0.25) is 0 Å². The Kier molecular flexibility index (Phi) is 5.23. The molecule has 1 rings (SSSR count). The van der Waals surface area contributed by atoms with E-state index in [0.29, 0.717) is 0 Å². The third-order valence-electron chi connectivity index (χ3n) is 0.478. The zero-order valence-electron chi connectivity index (χ0n) is 4.33. The molecule has 2 nitrogen and oxygen atoms in total. The Hall–Kier alpha value is 1.55. The van der Waals surface area contributed by atoms with Crippen molar-refractivity contribution in [1.29, 1.82) is 0 Å². The van der Waals surface area contributed by atoms with Gasteiger partial charge < -0.3 is 5.43 Å². The summed E-state index contributed by atoms with van der Waals surface area (Å²) in [5.74, 6) is 0. The molecule has 0 spiro atoms. The first-order chi connectivity index (χ1) is 3.29. The van der Waals surface area contributed by atoms with Gasteiger partial charge in [-0.25, -0.2) is 0 Å². The third-order valence-corrected chi connectivity index (χ3v) is 1.80. The summed E-state index contributed by atoms with van der Waals surface area (Å²) in [6.45, 7) is 0. The van der Waals surface area contributed by atoms with Crippen LogP contribution in [0, 0.1) is 0 Å². The molecule has 0 aromatic carbocycles. The van der Waals surface area contributed by atoms with Crippen molar-refractivity contribution < 1.29 is 0 Å². The van der Waals surface area contributed by atoms with Gasteiger partial charge in [-0.15, -0.1) is 16.4 Å². The Labute approximate surface area is 85.8 Å². The molecule has 8 heavy (non-hydrogen) atoms. The second kappa shape index (κ2) is 4.38. The topological polar surface area (TPSA) is 15.3 Å². The van der Waals surface area contributed by atoms with Gasteiger partial charge in [0, 0.05) is 35.8 Å². The normalized spacial score (nSPS) is 19.0. The first-order valence-corrected chi connectivity index (χ1v) is 3.23. The molecule has 1 aliphatic heterocycles. The molecular weight excluding hydrogens is 171 g/mol. The first-order valence-electron chi connectivity index (χ1n) is 1.61. The fourth-order valence-corrected chi connectivity index (χ4v) is 1.46. The van der Waals surface area contributed by atoms with Crippen LogP contribution in [0.25, 0.3) is 0 Å². The average molecular weight is 175 g/mol. The fraction of sp³-hybridized carbons (Fsp3) is 0. The number of hydrazine groups is 1. The quantitative estimate of drug-likeness (QED) is 0.285. The van der Waals surface area contributed by atoms with E-state index in [0.717, 1.165) is 4.24 Å². The zero-order chi connectivity index (χ0) is 5.28. The number of hydrogen-bond acceptors (Lipinski definition) is 5. The van der Waals surface area contributed by atoms with Crippen molar-refractivity contribution in [2.75, 3.05) is 0 Å². The van der Waals surface area contributed by atoms with Gasteiger partial charge in [0.2, 0.25) is 0 Å². The standard InChI is InChI=1S/C2H4N2S3.Na/c5-2-1-3-4(6)7-2;/h1,3,5-6H;. The van der Waals surface area contributed by atoms with Gasteiger partial charge in [0.25, 0.3) is 0 Å². The Morgan fingerprint density at radius 3 is 2.50 bits per heavy atom. The van der Waals surface area contributed by atoms with Gasteiger partial charge in [0.05, 0.1) is 4.24 Å². The summed E-state index contributed by atoms with van der Waals surface area (Å²) in [7, 11) is 0. The molecule has 0 amide bonds. The van der Waals surface area contributed by atoms with E-state index in [1.54, 1.807) is 10.0 Å². The summed E-state index contributed by atoms with van der Waals surface area (Å²) >= 11 is 9.39. The summed E-state index contributed by atoms with van der Waals surface area (Å²) < 4.78 is 2.50. The third kappa shape index (κ3) is 2.91. The number of nitrogens with zero attached hydrogens (tertiary/aromatic N) is 1. The van der Waals surface area contributed by atoms with Crippen molar-refractivity contribution in [2.24, 2.45) is 0 Å². The minimum atomic E-state index is 0. The van der Waals surface area contributed by atoms with Gasteiger partial charge in [-0.1, -0.05) is 12.8 Å². The van der Waals surface area contributed by atoms with Crippen LogP contribution in [-0.4, -0.2) is 33.4 Å². The second-order valence-electron chi connectivity index (χ2n) is 0.976. The van der Waals surface area contributed by atoms with Gasteiger partial charge in [0.1, 0.15) is 0 Å². The molecule has 0 saturated carbocycles. The van der Waals surface area contributed by atoms with Crippen molar-refractivity contribution in [3.05, 3.63) is 10.4 Å².